The second-order valence-electron chi connectivity index (χ2n) is 4.90. The first-order valence-electron chi connectivity index (χ1n) is 6.47. The fourth-order valence-electron chi connectivity index (χ4n) is 2.35. The Morgan fingerprint density at radius 1 is 1.46 bits per heavy atom. The van der Waals surface area contributed by atoms with E-state index in [0.717, 1.165) is 10.9 Å². The van der Waals surface area contributed by atoms with Crippen LogP contribution in [0.25, 0.3) is 11.2 Å². The Morgan fingerprint density at radius 2 is 2.17 bits per heavy atom. The highest BCUT2D eigenvalue weighted by molar-refractivity contribution is 7.46. The number of phosphoric ester groups is 1. The number of fused-ring (bicyclic) bond motifs is 1. The molecule has 1 saturated heterocycles. The highest BCUT2D eigenvalue weighted by Gasteiger charge is 2.48. The van der Waals surface area contributed by atoms with Crippen molar-refractivity contribution in [2.45, 2.75) is 18.4 Å². The zero-order chi connectivity index (χ0) is 17.6. The minimum atomic E-state index is -5.00. The standard InChI is InChI=1S/C10H12N5O8P/c11-10-13-7-4(8(18)14-10)12-2-15(7)9-5(17)6(3(1-16)22-9)23-24(19,20)21/h2-3,6,9,16H,1H2,(H2,19,20,21)(H3,11,13,14,18)/t3-,6-,9-/m1/s1. The van der Waals surface area contributed by atoms with Gasteiger partial charge in [0.2, 0.25) is 11.7 Å². The van der Waals surface area contributed by atoms with E-state index in [0.29, 0.717) is 0 Å². The average Bonchev–Trinajstić information content (AvgIpc) is 3.00. The third-order valence-corrected chi connectivity index (χ3v) is 3.80. The summed E-state index contributed by atoms with van der Waals surface area (Å²) in [5, 5.41) is 9.24. The zero-order valence-electron chi connectivity index (χ0n) is 11.8. The number of aliphatic hydroxyl groups excluding tert-OH is 1. The van der Waals surface area contributed by atoms with Gasteiger partial charge in [-0.2, -0.15) is 4.98 Å². The van der Waals surface area contributed by atoms with E-state index in [1.807, 2.05) is 0 Å². The number of aliphatic hydroxyl groups is 1. The maximum absolute atomic E-state index is 12.4. The fourth-order valence-corrected chi connectivity index (χ4v) is 2.89. The van der Waals surface area contributed by atoms with Gasteiger partial charge in [0.15, 0.2) is 23.5 Å². The van der Waals surface area contributed by atoms with Gasteiger partial charge >= 0.3 is 7.82 Å². The van der Waals surface area contributed by atoms with Crippen molar-refractivity contribution in [2.75, 3.05) is 12.3 Å². The molecular formula is C10H12N5O8P. The summed E-state index contributed by atoms with van der Waals surface area (Å²) in [7, 11) is -5.00. The van der Waals surface area contributed by atoms with Gasteiger partial charge in [-0.15, -0.1) is 0 Å². The van der Waals surface area contributed by atoms with Crippen molar-refractivity contribution in [1.29, 1.82) is 0 Å². The lowest BCUT2D eigenvalue weighted by Crippen LogP contribution is -2.32. The monoisotopic (exact) mass is 361 g/mol. The molecule has 0 amide bonds. The molecular weight excluding hydrogens is 349 g/mol. The minimum Gasteiger partial charge on any atom is -0.394 e. The molecule has 3 heterocycles. The van der Waals surface area contributed by atoms with Crippen LogP contribution < -0.4 is 11.3 Å². The van der Waals surface area contributed by atoms with E-state index >= 15 is 0 Å². The number of aromatic amines is 1. The van der Waals surface area contributed by atoms with Crippen LogP contribution in [-0.4, -0.2) is 59.0 Å². The molecule has 1 aliphatic rings. The van der Waals surface area contributed by atoms with Crippen LogP contribution in [0.4, 0.5) is 5.95 Å². The van der Waals surface area contributed by atoms with Crippen molar-refractivity contribution >= 4 is 30.7 Å². The van der Waals surface area contributed by atoms with Crippen molar-refractivity contribution in [3.63, 3.8) is 0 Å². The first kappa shape index (κ1) is 16.7. The molecule has 6 N–H and O–H groups in total. The molecule has 0 aliphatic carbocycles. The lowest BCUT2D eigenvalue weighted by atomic mass is 10.1. The van der Waals surface area contributed by atoms with Crippen LogP contribution in [0.3, 0.4) is 0 Å². The first-order chi connectivity index (χ1) is 11.2. The maximum Gasteiger partial charge on any atom is 0.470 e. The summed E-state index contributed by atoms with van der Waals surface area (Å²) >= 11 is 0. The second-order valence-corrected chi connectivity index (χ2v) is 6.10. The van der Waals surface area contributed by atoms with Crippen LogP contribution in [0.2, 0.25) is 0 Å². The van der Waals surface area contributed by atoms with Gasteiger partial charge in [-0.25, -0.2) is 9.55 Å². The van der Waals surface area contributed by atoms with Gasteiger partial charge < -0.3 is 25.4 Å². The Balaban J connectivity index is 2.03. The second kappa shape index (κ2) is 5.73. The van der Waals surface area contributed by atoms with Crippen molar-refractivity contribution < 1.29 is 33.5 Å². The molecule has 3 rings (SSSR count). The number of carbonyl (C=O) groups is 1. The molecule has 3 atom stereocenters. The van der Waals surface area contributed by atoms with E-state index in [1.54, 1.807) is 0 Å². The Labute approximate surface area is 132 Å². The minimum absolute atomic E-state index is 0.0666. The summed E-state index contributed by atoms with van der Waals surface area (Å²) in [6, 6.07) is 0. The molecule has 13 nitrogen and oxygen atoms in total. The predicted octanol–water partition coefficient (Wildman–Crippen LogP) is -2.36. The van der Waals surface area contributed by atoms with Gasteiger partial charge in [-0.05, 0) is 0 Å². The fraction of sp³-hybridized carbons (Fsp3) is 0.400. The number of Topliss-reactive ketones (excluding diaryl/α,β-unsaturated/α-hetero) is 1. The lowest BCUT2D eigenvalue weighted by Gasteiger charge is -2.15. The third kappa shape index (κ3) is 2.84. The number of hydrogen-bond donors (Lipinski definition) is 5. The predicted molar refractivity (Wildman–Crippen MR) is 75.5 cm³/mol. The molecule has 0 aromatic carbocycles. The smallest absolute Gasteiger partial charge is 0.394 e. The molecule has 14 heteroatoms. The summed E-state index contributed by atoms with van der Waals surface area (Å²) in [4.78, 5) is 51.7. The molecule has 0 unspecified atom stereocenters. The van der Waals surface area contributed by atoms with Gasteiger partial charge in [-0.1, -0.05) is 0 Å². The van der Waals surface area contributed by atoms with Crippen molar-refractivity contribution in [3.05, 3.63) is 16.7 Å². The summed E-state index contributed by atoms with van der Waals surface area (Å²) in [5.74, 6) is -1.10. The van der Waals surface area contributed by atoms with Crippen molar-refractivity contribution in [3.8, 4) is 0 Å². The number of anilines is 1. The molecule has 1 fully saturated rings. The van der Waals surface area contributed by atoms with Crippen LogP contribution in [0.1, 0.15) is 6.23 Å². The Kier molecular flexibility index (Phi) is 3.99. The highest BCUT2D eigenvalue weighted by atomic mass is 31.2. The number of aromatic nitrogens is 4. The number of imidazole rings is 1. The third-order valence-electron chi connectivity index (χ3n) is 3.30. The van der Waals surface area contributed by atoms with E-state index in [9.17, 15) is 19.3 Å². The summed E-state index contributed by atoms with van der Waals surface area (Å²) in [6.45, 7) is -0.727. The maximum atomic E-state index is 12.4. The van der Waals surface area contributed by atoms with Gasteiger partial charge in [0.05, 0.1) is 12.9 Å². The van der Waals surface area contributed by atoms with E-state index in [4.69, 9.17) is 20.3 Å². The molecule has 0 spiro atoms. The largest absolute Gasteiger partial charge is 0.470 e. The van der Waals surface area contributed by atoms with Crippen LogP contribution in [0.15, 0.2) is 11.1 Å². The van der Waals surface area contributed by atoms with E-state index in [-0.39, 0.29) is 17.1 Å². The number of ketones is 1. The number of nitrogens with one attached hydrogen (secondary N) is 1. The zero-order valence-corrected chi connectivity index (χ0v) is 12.7. The van der Waals surface area contributed by atoms with Crippen LogP contribution in [0, 0.1) is 0 Å². The number of phosphoric acid groups is 1. The van der Waals surface area contributed by atoms with E-state index in [2.05, 4.69) is 19.5 Å². The van der Waals surface area contributed by atoms with Crippen molar-refractivity contribution in [2.24, 2.45) is 0 Å². The van der Waals surface area contributed by atoms with Gasteiger partial charge in [-0.3, -0.25) is 23.7 Å². The average molecular weight is 361 g/mol. The number of H-pyrrole nitrogens is 1. The SMILES string of the molecule is Nc1nc2c(ncn2[C@@H]2O[C@H](CO)[C@@H](OP(=O)(O)O)C2=O)c(=O)[nH]1. The summed E-state index contributed by atoms with van der Waals surface area (Å²) in [5.41, 5.74) is 4.64. The topological polar surface area (TPSA) is 203 Å². The Morgan fingerprint density at radius 3 is 2.79 bits per heavy atom. The summed E-state index contributed by atoms with van der Waals surface area (Å²) in [6.07, 6.45) is -3.37. The molecule has 1 aliphatic heterocycles. The molecule has 0 radical (unpaired) electrons. The van der Waals surface area contributed by atoms with E-state index in [1.165, 1.54) is 0 Å². The summed E-state index contributed by atoms with van der Waals surface area (Å²) < 4.78 is 21.7. The number of carbonyl (C=O) groups excluding carboxylic acids is 1. The van der Waals surface area contributed by atoms with Crippen LogP contribution >= 0.6 is 7.82 Å². The van der Waals surface area contributed by atoms with Crippen LogP contribution in [0.5, 0.6) is 0 Å². The highest BCUT2D eigenvalue weighted by Crippen LogP contribution is 2.42. The van der Waals surface area contributed by atoms with Gasteiger partial charge in [0.25, 0.3) is 5.56 Å². The molecule has 2 aromatic rings. The quantitative estimate of drug-likeness (QED) is 0.364. The normalized spacial score (nSPS) is 24.8. The molecule has 0 saturated carbocycles. The van der Waals surface area contributed by atoms with E-state index < -0.39 is 44.2 Å². The first-order valence-corrected chi connectivity index (χ1v) is 8.00. The number of nitrogens with two attached hydrogens (primary N) is 1. The van der Waals surface area contributed by atoms with Gasteiger partial charge in [0, 0.05) is 0 Å². The molecule has 2 aromatic heterocycles. The van der Waals surface area contributed by atoms with Crippen LogP contribution in [-0.2, 0) is 18.6 Å². The van der Waals surface area contributed by atoms with Crippen molar-refractivity contribution in [1.82, 2.24) is 19.5 Å². The number of ether oxygens (including phenoxy) is 1. The number of rotatable bonds is 4. The Bertz CT molecular complexity index is 902. The number of hydrogen-bond acceptors (Lipinski definition) is 9. The lowest BCUT2D eigenvalue weighted by molar-refractivity contribution is -0.129. The molecule has 24 heavy (non-hydrogen) atoms. The molecule has 0 bridgehead atoms. The Hall–Kier alpha value is -2.15. The van der Waals surface area contributed by atoms with Gasteiger partial charge in [0.1, 0.15) is 6.10 Å². The number of nitrogen functional groups attached to an aromatic ring is 1. The molecule has 130 valence electrons. The number of nitrogens with zero attached hydrogens (tertiary/aromatic N) is 3.